The molecule has 0 aliphatic carbocycles. The fourth-order valence-electron chi connectivity index (χ4n) is 2.66. The molecular weight excluding hydrogens is 338 g/mol. The maximum absolute atomic E-state index is 11.6. The van der Waals surface area contributed by atoms with Crippen molar-refractivity contribution in [1.29, 1.82) is 0 Å². The van der Waals surface area contributed by atoms with Gasteiger partial charge in [0, 0.05) is 12.2 Å². The summed E-state index contributed by atoms with van der Waals surface area (Å²) >= 11 is 5.02. The summed E-state index contributed by atoms with van der Waals surface area (Å²) in [6.45, 7) is 11.1. The molecule has 1 N–H and O–H groups in total. The smallest absolute Gasteiger partial charge is 0.410 e. The van der Waals surface area contributed by atoms with E-state index in [-0.39, 0.29) is 29.5 Å². The molecule has 3 aliphatic rings. The van der Waals surface area contributed by atoms with Crippen molar-refractivity contribution in [2.75, 3.05) is 13.2 Å². The zero-order valence-corrected chi connectivity index (χ0v) is 15.8. The standard InChI is InChI=1S/C14H23NO6SSi/c1-13(2,3)23(4,5)21-10-9-8(18-12(22)19-9)6-17-14(10)7-15-11(16)20-14/h8-10H,6-7H2,1-5H3,(H,15,16)/t8-,9?,10+,14+/m1/s1. The van der Waals surface area contributed by atoms with Gasteiger partial charge < -0.3 is 28.7 Å². The topological polar surface area (TPSA) is 75.3 Å². The summed E-state index contributed by atoms with van der Waals surface area (Å²) in [6, 6.07) is 0. The molecule has 1 spiro atoms. The van der Waals surface area contributed by atoms with Crippen molar-refractivity contribution in [3.63, 3.8) is 0 Å². The number of carbonyl (C=O) groups excluding carboxylic acids is 1. The van der Waals surface area contributed by atoms with Crippen molar-refractivity contribution in [2.24, 2.45) is 0 Å². The van der Waals surface area contributed by atoms with E-state index < -0.39 is 32.4 Å². The Balaban J connectivity index is 1.92. The van der Waals surface area contributed by atoms with Gasteiger partial charge in [-0.3, -0.25) is 0 Å². The van der Waals surface area contributed by atoms with Crippen LogP contribution in [0.3, 0.4) is 0 Å². The third-order valence-corrected chi connectivity index (χ3v) is 9.69. The first-order valence-corrected chi connectivity index (χ1v) is 11.0. The molecule has 4 atom stereocenters. The third kappa shape index (κ3) is 2.83. The molecule has 7 nitrogen and oxygen atoms in total. The van der Waals surface area contributed by atoms with E-state index in [1.807, 2.05) is 0 Å². The summed E-state index contributed by atoms with van der Waals surface area (Å²) in [4.78, 5) is 11.6. The zero-order chi connectivity index (χ0) is 17.0. The number of thiocarbonyl (C=S) groups is 1. The maximum Gasteiger partial charge on any atom is 0.410 e. The van der Waals surface area contributed by atoms with Crippen LogP contribution in [0.2, 0.25) is 18.1 Å². The van der Waals surface area contributed by atoms with Crippen molar-refractivity contribution >= 4 is 31.9 Å². The van der Waals surface area contributed by atoms with Crippen LogP contribution in [0.15, 0.2) is 0 Å². The number of nitrogens with one attached hydrogen (secondary N) is 1. The SMILES string of the molecule is CC(C)(C)[Si](C)(C)O[C@H]1C2OC(=S)O[C@@H]2CO[C@]12CNC(=O)O2. The first kappa shape index (κ1) is 16.9. The van der Waals surface area contributed by atoms with E-state index in [4.69, 9.17) is 35.6 Å². The molecule has 3 rings (SSSR count). The van der Waals surface area contributed by atoms with Gasteiger partial charge in [0.2, 0.25) is 0 Å². The Morgan fingerprint density at radius 3 is 2.61 bits per heavy atom. The van der Waals surface area contributed by atoms with Gasteiger partial charge in [0.05, 0.1) is 13.2 Å². The minimum atomic E-state index is -2.17. The number of hydrogen-bond donors (Lipinski definition) is 1. The van der Waals surface area contributed by atoms with Crippen LogP contribution in [0.4, 0.5) is 4.79 Å². The van der Waals surface area contributed by atoms with Crippen LogP contribution >= 0.6 is 12.2 Å². The molecule has 9 heteroatoms. The van der Waals surface area contributed by atoms with Crippen LogP contribution in [0.25, 0.3) is 0 Å². The average molecular weight is 361 g/mol. The van der Waals surface area contributed by atoms with Gasteiger partial charge in [-0.1, -0.05) is 20.8 Å². The van der Waals surface area contributed by atoms with Crippen LogP contribution in [0.1, 0.15) is 20.8 Å². The van der Waals surface area contributed by atoms with E-state index in [1.165, 1.54) is 0 Å². The van der Waals surface area contributed by atoms with Gasteiger partial charge in [0.1, 0.15) is 0 Å². The number of carbonyl (C=O) groups is 1. The minimum Gasteiger partial charge on any atom is -0.447 e. The fourth-order valence-corrected chi connectivity index (χ4v) is 4.20. The number of alkyl carbamates (subject to hydrolysis) is 1. The number of rotatable bonds is 2. The average Bonchev–Trinajstić information content (AvgIpc) is 2.96. The minimum absolute atomic E-state index is 0.0167. The fraction of sp³-hybridized carbons (Fsp3) is 0.857. The van der Waals surface area contributed by atoms with Gasteiger partial charge in [-0.25, -0.2) is 4.79 Å². The molecule has 0 bridgehead atoms. The van der Waals surface area contributed by atoms with Crippen molar-refractivity contribution in [2.45, 2.75) is 63.0 Å². The first-order valence-electron chi connectivity index (χ1n) is 7.70. The monoisotopic (exact) mass is 361 g/mol. The van der Waals surface area contributed by atoms with E-state index >= 15 is 0 Å². The molecule has 3 saturated heterocycles. The van der Waals surface area contributed by atoms with Crippen LogP contribution < -0.4 is 5.32 Å². The van der Waals surface area contributed by atoms with E-state index in [0.717, 1.165) is 0 Å². The molecule has 130 valence electrons. The molecule has 1 amide bonds. The van der Waals surface area contributed by atoms with Crippen LogP contribution in [0.5, 0.6) is 0 Å². The molecule has 1 unspecified atom stereocenters. The van der Waals surface area contributed by atoms with E-state index in [0.29, 0.717) is 0 Å². The van der Waals surface area contributed by atoms with E-state index in [2.05, 4.69) is 39.2 Å². The number of fused-ring (bicyclic) bond motifs is 1. The molecule has 3 heterocycles. The summed E-state index contributed by atoms with van der Waals surface area (Å²) in [6.07, 6.45) is -1.91. The molecule has 3 aliphatic heterocycles. The quantitative estimate of drug-likeness (QED) is 0.595. The Hall–Kier alpha value is -0.903. The Morgan fingerprint density at radius 2 is 2.04 bits per heavy atom. The predicted molar refractivity (Wildman–Crippen MR) is 87.6 cm³/mol. The lowest BCUT2D eigenvalue weighted by Gasteiger charge is -2.47. The molecule has 3 fully saturated rings. The van der Waals surface area contributed by atoms with Crippen LogP contribution in [-0.2, 0) is 23.4 Å². The zero-order valence-electron chi connectivity index (χ0n) is 14.0. The molecule has 0 aromatic carbocycles. The molecule has 0 aromatic rings. The van der Waals surface area contributed by atoms with Crippen molar-refractivity contribution < 1.29 is 28.2 Å². The number of amides is 1. The summed E-state index contributed by atoms with van der Waals surface area (Å²) in [7, 11) is -2.17. The Kier molecular flexibility index (Phi) is 3.90. The van der Waals surface area contributed by atoms with E-state index in [1.54, 1.807) is 0 Å². The summed E-state index contributed by atoms with van der Waals surface area (Å²) in [5.41, 5.74) is 0. The van der Waals surface area contributed by atoms with Gasteiger partial charge in [0.15, 0.2) is 26.6 Å². The second-order valence-corrected chi connectivity index (χ2v) is 12.7. The molecule has 0 saturated carbocycles. The van der Waals surface area contributed by atoms with E-state index in [9.17, 15) is 4.79 Å². The molecule has 0 radical (unpaired) electrons. The third-order valence-electron chi connectivity index (χ3n) is 5.04. The first-order chi connectivity index (χ1) is 10.5. The van der Waals surface area contributed by atoms with Crippen molar-refractivity contribution in [3.8, 4) is 0 Å². The molecule has 0 aromatic heterocycles. The normalized spacial score (nSPS) is 37.0. The highest BCUT2D eigenvalue weighted by Crippen LogP contribution is 2.43. The van der Waals surface area contributed by atoms with Gasteiger partial charge in [0.25, 0.3) is 5.79 Å². The summed E-state index contributed by atoms with van der Waals surface area (Å²) in [5, 5.41) is 2.71. The molecule has 23 heavy (non-hydrogen) atoms. The number of hydrogen-bond acceptors (Lipinski definition) is 7. The van der Waals surface area contributed by atoms with Crippen LogP contribution in [-0.4, -0.2) is 56.9 Å². The lowest BCUT2D eigenvalue weighted by Crippen LogP contribution is -2.65. The highest BCUT2D eigenvalue weighted by molar-refractivity contribution is 7.79. The predicted octanol–water partition coefficient (Wildman–Crippen LogP) is 1.91. The second-order valence-electron chi connectivity index (χ2n) is 7.65. The highest BCUT2D eigenvalue weighted by Gasteiger charge is 2.63. The lowest BCUT2D eigenvalue weighted by molar-refractivity contribution is -0.281. The maximum atomic E-state index is 11.6. The second kappa shape index (κ2) is 5.30. The highest BCUT2D eigenvalue weighted by atomic mass is 32.1. The lowest BCUT2D eigenvalue weighted by atomic mass is 9.97. The summed E-state index contributed by atoms with van der Waals surface area (Å²) in [5.74, 6) is -1.20. The van der Waals surface area contributed by atoms with Crippen molar-refractivity contribution in [3.05, 3.63) is 0 Å². The Bertz CT molecular complexity index is 534. The number of ether oxygens (including phenoxy) is 4. The summed E-state index contributed by atoms with van der Waals surface area (Å²) < 4.78 is 29.0. The van der Waals surface area contributed by atoms with Crippen molar-refractivity contribution in [1.82, 2.24) is 5.32 Å². The van der Waals surface area contributed by atoms with Gasteiger partial charge in [-0.05, 0) is 18.1 Å². The largest absolute Gasteiger partial charge is 0.447 e. The van der Waals surface area contributed by atoms with Crippen LogP contribution in [0, 0.1) is 0 Å². The van der Waals surface area contributed by atoms with Gasteiger partial charge in [-0.15, -0.1) is 0 Å². The Morgan fingerprint density at radius 1 is 1.35 bits per heavy atom. The van der Waals surface area contributed by atoms with Gasteiger partial charge in [-0.2, -0.15) is 0 Å². The molecular formula is C14H23NO6SSi. The van der Waals surface area contributed by atoms with Gasteiger partial charge >= 0.3 is 11.3 Å². The Labute approximate surface area is 142 Å².